The maximum atomic E-state index is 12.8. The molecular weight excluding hydrogens is 336 g/mol. The van der Waals surface area contributed by atoms with Gasteiger partial charge in [0.1, 0.15) is 5.69 Å². The van der Waals surface area contributed by atoms with Gasteiger partial charge >= 0.3 is 5.82 Å². The molecule has 26 heavy (non-hydrogen) atoms. The highest BCUT2D eigenvalue weighted by molar-refractivity contribution is 5.96. The van der Waals surface area contributed by atoms with E-state index in [0.29, 0.717) is 11.4 Å². The Morgan fingerprint density at radius 3 is 2.65 bits per heavy atom. The van der Waals surface area contributed by atoms with E-state index in [9.17, 15) is 14.9 Å². The summed E-state index contributed by atoms with van der Waals surface area (Å²) < 4.78 is 5.53. The van der Waals surface area contributed by atoms with Crippen molar-refractivity contribution < 1.29 is 14.5 Å². The number of carbonyl (C=O) groups is 1. The van der Waals surface area contributed by atoms with Crippen LogP contribution in [0.4, 0.5) is 11.5 Å². The second-order valence-electron chi connectivity index (χ2n) is 5.53. The number of para-hydroxylation sites is 1. The number of nitrogens with zero attached hydrogens (tertiary/aromatic N) is 4. The minimum absolute atomic E-state index is 0.0743. The predicted molar refractivity (Wildman–Crippen MR) is 94.7 cm³/mol. The van der Waals surface area contributed by atoms with E-state index < -0.39 is 22.8 Å². The largest absolute Gasteiger partial charge is 0.473 e. The van der Waals surface area contributed by atoms with Crippen molar-refractivity contribution in [3.05, 3.63) is 58.3 Å². The third-order valence-electron chi connectivity index (χ3n) is 3.58. The first-order chi connectivity index (χ1) is 12.4. The number of ether oxygens (including phenoxy) is 1. The Balaban J connectivity index is 2.24. The fourth-order valence-electron chi connectivity index (χ4n) is 2.35. The molecule has 0 aliphatic rings. The summed E-state index contributed by atoms with van der Waals surface area (Å²) in [5.41, 5.74) is 1.10. The summed E-state index contributed by atoms with van der Waals surface area (Å²) in [6, 6.07) is 13.9. The summed E-state index contributed by atoms with van der Waals surface area (Å²) in [4.78, 5) is 28.6. The molecule has 0 bridgehead atoms. The Hall–Kier alpha value is -3.47. The molecule has 2 aromatic rings. The van der Waals surface area contributed by atoms with Gasteiger partial charge in [-0.05, 0) is 41.1 Å². The molecule has 0 fully saturated rings. The van der Waals surface area contributed by atoms with Crippen molar-refractivity contribution in [3.63, 3.8) is 0 Å². The zero-order chi connectivity index (χ0) is 19.1. The van der Waals surface area contributed by atoms with Crippen LogP contribution in [0, 0.1) is 28.4 Å². The number of aryl methyl sites for hydroxylation is 1. The van der Waals surface area contributed by atoms with E-state index in [4.69, 9.17) is 10.00 Å². The summed E-state index contributed by atoms with van der Waals surface area (Å²) in [5, 5.41) is 20.0. The van der Waals surface area contributed by atoms with Crippen molar-refractivity contribution in [1.82, 2.24) is 4.98 Å². The number of amides is 1. The number of pyridine rings is 1. The van der Waals surface area contributed by atoms with E-state index >= 15 is 0 Å². The van der Waals surface area contributed by atoms with Gasteiger partial charge in [0.2, 0.25) is 5.75 Å². The maximum Gasteiger partial charge on any atom is 0.406 e. The van der Waals surface area contributed by atoms with Crippen LogP contribution >= 0.6 is 0 Å². The maximum absolute atomic E-state index is 12.8. The highest BCUT2D eigenvalue weighted by Crippen LogP contribution is 2.26. The first-order valence-corrected chi connectivity index (χ1v) is 7.96. The lowest BCUT2D eigenvalue weighted by Crippen LogP contribution is -2.41. The molecule has 1 aromatic carbocycles. The molecule has 0 spiro atoms. The predicted octanol–water partition coefficient (Wildman–Crippen LogP) is 3.01. The Morgan fingerprint density at radius 1 is 1.35 bits per heavy atom. The van der Waals surface area contributed by atoms with Gasteiger partial charge in [0.05, 0.1) is 12.5 Å². The number of anilines is 1. The van der Waals surface area contributed by atoms with Crippen molar-refractivity contribution in [1.29, 1.82) is 5.26 Å². The van der Waals surface area contributed by atoms with E-state index in [-0.39, 0.29) is 18.7 Å². The highest BCUT2D eigenvalue weighted by Gasteiger charge is 2.27. The Bertz CT molecular complexity index is 833. The van der Waals surface area contributed by atoms with Gasteiger partial charge in [0, 0.05) is 19.2 Å². The average molecular weight is 354 g/mol. The molecule has 1 aromatic heterocycles. The smallest absolute Gasteiger partial charge is 0.406 e. The summed E-state index contributed by atoms with van der Waals surface area (Å²) in [5.74, 6) is -0.913. The van der Waals surface area contributed by atoms with Crippen LogP contribution in [0.25, 0.3) is 0 Å². The van der Waals surface area contributed by atoms with Gasteiger partial charge in [-0.2, -0.15) is 5.26 Å². The van der Waals surface area contributed by atoms with Gasteiger partial charge < -0.3 is 19.8 Å². The third-order valence-corrected chi connectivity index (χ3v) is 3.58. The van der Waals surface area contributed by atoms with Gasteiger partial charge in [-0.15, -0.1) is 0 Å². The van der Waals surface area contributed by atoms with Crippen molar-refractivity contribution in [2.24, 2.45) is 0 Å². The summed E-state index contributed by atoms with van der Waals surface area (Å²) in [7, 11) is 0. The SMILES string of the molecule is Cc1ccc(O[C@@H](C)C(=O)N(CCC#N)c2ccccc2)c([N+](=O)[O-])n1. The van der Waals surface area contributed by atoms with Gasteiger partial charge in [-0.25, -0.2) is 0 Å². The number of aromatic nitrogens is 1. The molecule has 0 aliphatic heterocycles. The number of hydrogen-bond donors (Lipinski definition) is 0. The number of benzene rings is 1. The summed E-state index contributed by atoms with van der Waals surface area (Å²) >= 11 is 0. The minimum Gasteiger partial charge on any atom is -0.473 e. The molecule has 1 heterocycles. The van der Waals surface area contributed by atoms with E-state index in [1.165, 1.54) is 17.9 Å². The van der Waals surface area contributed by atoms with E-state index in [0.717, 1.165) is 0 Å². The van der Waals surface area contributed by atoms with Gasteiger partial charge in [0.15, 0.2) is 6.10 Å². The molecule has 0 unspecified atom stereocenters. The van der Waals surface area contributed by atoms with E-state index in [2.05, 4.69) is 4.98 Å². The molecule has 0 saturated carbocycles. The standard InChI is InChI=1S/C18H18N4O4/c1-13-9-10-16(17(20-13)22(24)25)26-14(2)18(23)21(12-6-11-19)15-7-4-3-5-8-15/h3-5,7-10,14H,6,12H2,1-2H3/t14-/m0/s1. The van der Waals surface area contributed by atoms with Crippen LogP contribution < -0.4 is 9.64 Å². The molecule has 0 saturated heterocycles. The first kappa shape index (κ1) is 18.9. The van der Waals surface area contributed by atoms with Crippen LogP contribution in [0.2, 0.25) is 0 Å². The monoisotopic (exact) mass is 354 g/mol. The molecule has 0 aliphatic carbocycles. The lowest BCUT2D eigenvalue weighted by molar-refractivity contribution is -0.390. The number of carbonyl (C=O) groups excluding carboxylic acids is 1. The second-order valence-corrected chi connectivity index (χ2v) is 5.53. The Kier molecular flexibility index (Phi) is 6.22. The Labute approximate surface area is 150 Å². The van der Waals surface area contributed by atoms with Crippen LogP contribution in [0.3, 0.4) is 0 Å². The van der Waals surface area contributed by atoms with Gasteiger partial charge in [-0.1, -0.05) is 18.2 Å². The fourth-order valence-corrected chi connectivity index (χ4v) is 2.35. The van der Waals surface area contributed by atoms with E-state index in [1.807, 2.05) is 12.1 Å². The normalized spacial score (nSPS) is 11.3. The van der Waals surface area contributed by atoms with Crippen LogP contribution in [-0.4, -0.2) is 28.5 Å². The second kappa shape index (κ2) is 8.58. The summed E-state index contributed by atoms with van der Waals surface area (Å²) in [6.07, 6.45) is -0.836. The van der Waals surface area contributed by atoms with Crippen LogP contribution in [0.5, 0.6) is 5.75 Å². The summed E-state index contributed by atoms with van der Waals surface area (Å²) in [6.45, 7) is 3.33. The highest BCUT2D eigenvalue weighted by atomic mass is 16.6. The number of rotatable bonds is 7. The van der Waals surface area contributed by atoms with E-state index in [1.54, 1.807) is 37.3 Å². The molecule has 0 N–H and O–H groups in total. The van der Waals surface area contributed by atoms with Gasteiger partial charge in [-0.3, -0.25) is 4.79 Å². The molecule has 8 heteroatoms. The number of nitriles is 1. The molecular formula is C18H18N4O4. The minimum atomic E-state index is -0.989. The fraction of sp³-hybridized carbons (Fsp3) is 0.278. The number of nitro groups is 1. The number of hydrogen-bond acceptors (Lipinski definition) is 6. The average Bonchev–Trinajstić information content (AvgIpc) is 2.64. The molecule has 0 radical (unpaired) electrons. The molecule has 134 valence electrons. The molecule has 1 amide bonds. The zero-order valence-electron chi connectivity index (χ0n) is 14.5. The third kappa shape index (κ3) is 4.54. The van der Waals surface area contributed by atoms with Crippen LogP contribution in [-0.2, 0) is 4.79 Å². The lowest BCUT2D eigenvalue weighted by atomic mass is 10.2. The zero-order valence-corrected chi connectivity index (χ0v) is 14.5. The van der Waals surface area contributed by atoms with Gasteiger partial charge in [0.25, 0.3) is 5.91 Å². The quantitative estimate of drug-likeness (QED) is 0.558. The van der Waals surface area contributed by atoms with Crippen molar-refractivity contribution in [2.75, 3.05) is 11.4 Å². The topological polar surface area (TPSA) is 109 Å². The van der Waals surface area contributed by atoms with Crippen molar-refractivity contribution in [3.8, 4) is 11.8 Å². The first-order valence-electron chi connectivity index (χ1n) is 7.96. The molecule has 1 atom stereocenters. The van der Waals surface area contributed by atoms with Crippen molar-refractivity contribution >= 4 is 17.4 Å². The molecule has 2 rings (SSSR count). The Morgan fingerprint density at radius 2 is 2.04 bits per heavy atom. The van der Waals surface area contributed by atoms with Crippen LogP contribution in [0.1, 0.15) is 19.0 Å². The molecule has 8 nitrogen and oxygen atoms in total. The van der Waals surface area contributed by atoms with Crippen molar-refractivity contribution in [2.45, 2.75) is 26.4 Å². The van der Waals surface area contributed by atoms with Crippen LogP contribution in [0.15, 0.2) is 42.5 Å². The lowest BCUT2D eigenvalue weighted by Gasteiger charge is -2.25.